The van der Waals surface area contributed by atoms with Crippen molar-refractivity contribution in [3.63, 3.8) is 0 Å². The van der Waals surface area contributed by atoms with Crippen molar-refractivity contribution in [3.8, 4) is 12.5 Å². The number of nitrogens with one attached hydrogen (secondary N) is 1. The molecular formula is C36H39Cl2N4O8S2+. The number of rotatable bonds is 18. The molecule has 0 unspecified atom stereocenters. The summed E-state index contributed by atoms with van der Waals surface area (Å²) < 4.78 is 35.9. The number of fused-ring (bicyclic) bond motifs is 1. The lowest BCUT2D eigenvalue weighted by Gasteiger charge is -2.20. The minimum absolute atomic E-state index is 0.0302. The van der Waals surface area contributed by atoms with Gasteiger partial charge in [0.2, 0.25) is 21.4 Å². The predicted molar refractivity (Wildman–Crippen MR) is 201 cm³/mol. The van der Waals surface area contributed by atoms with Crippen LogP contribution in [0.2, 0.25) is 10.0 Å². The topological polar surface area (TPSA) is 143 Å². The molecule has 12 nitrogen and oxygen atoms in total. The second kappa shape index (κ2) is 19.0. The molecule has 276 valence electrons. The number of carbonyl (C=O) groups excluding carboxylic acids is 4. The summed E-state index contributed by atoms with van der Waals surface area (Å²) in [5.41, 5.74) is 3.19. The first-order chi connectivity index (χ1) is 24.8. The van der Waals surface area contributed by atoms with E-state index >= 15 is 0 Å². The Bertz CT molecular complexity index is 2020. The average molecular weight is 791 g/mol. The van der Waals surface area contributed by atoms with E-state index in [1.807, 2.05) is 54.0 Å². The summed E-state index contributed by atoms with van der Waals surface area (Å²) in [5, 5.41) is 1.98. The van der Waals surface area contributed by atoms with Gasteiger partial charge in [-0.15, -0.1) is 5.06 Å². The maximum atomic E-state index is 12.6. The maximum absolute atomic E-state index is 12.6. The number of nitrogens with zero attached hydrogens (tertiary/aromatic N) is 3. The number of allylic oxidation sites excluding steroid dienone is 2. The van der Waals surface area contributed by atoms with Crippen LogP contribution >= 0.6 is 34.5 Å². The number of hydroxylamine groups is 2. The van der Waals surface area contributed by atoms with Gasteiger partial charge in [0.15, 0.2) is 6.54 Å². The standard InChI is InChI=1S/C36H38Cl2N4O8S2/c1-4-10-32(43)39-52(47,48)20-18-41-30-22-27(37)28(38)23-31(30)51-35(41)12-8-7-11-25-14-15-29(40(5-2)6-3)26(21-25)24-49-19-9-13-36(46)50-42-33(44)16-17-34(42)45/h2,7-8,11-12,14-15,21-23H,4,6,9-10,13,16-20,24H2,1,3H3/p+1. The van der Waals surface area contributed by atoms with Gasteiger partial charge in [0.25, 0.3) is 16.8 Å². The van der Waals surface area contributed by atoms with E-state index in [0.29, 0.717) is 40.0 Å². The Labute approximate surface area is 317 Å². The quantitative estimate of drug-likeness (QED) is 0.0423. The smallest absolute Gasteiger partial charge is 0.333 e. The Morgan fingerprint density at radius 1 is 1.08 bits per heavy atom. The normalized spacial score (nSPS) is 13.4. The zero-order valence-electron chi connectivity index (χ0n) is 28.7. The summed E-state index contributed by atoms with van der Waals surface area (Å²) in [6.07, 6.45) is 14.2. The number of sulfonamides is 1. The van der Waals surface area contributed by atoms with E-state index in [4.69, 9.17) is 39.2 Å². The second-order valence-corrected chi connectivity index (χ2v) is 15.3. The molecule has 1 N–H and O–H groups in total. The lowest BCUT2D eigenvalue weighted by Crippen LogP contribution is -2.42. The van der Waals surface area contributed by atoms with Crippen molar-refractivity contribution in [3.05, 3.63) is 68.7 Å². The molecule has 1 saturated heterocycles. The van der Waals surface area contributed by atoms with E-state index in [2.05, 4.69) is 10.8 Å². The van der Waals surface area contributed by atoms with Crippen molar-refractivity contribution in [1.29, 1.82) is 0 Å². The number of hydrogen-bond donors (Lipinski definition) is 1. The van der Waals surface area contributed by atoms with E-state index in [-0.39, 0.29) is 51.2 Å². The van der Waals surface area contributed by atoms with Crippen LogP contribution in [0.4, 0.5) is 5.69 Å². The molecule has 1 aliphatic heterocycles. The molecule has 3 amide bonds. The molecule has 4 rings (SSSR count). The summed E-state index contributed by atoms with van der Waals surface area (Å²) in [5.74, 6) is -2.60. The molecule has 2 heterocycles. The van der Waals surface area contributed by atoms with Gasteiger partial charge in [0.1, 0.15) is 10.5 Å². The van der Waals surface area contributed by atoms with E-state index in [1.54, 1.807) is 24.0 Å². The van der Waals surface area contributed by atoms with Crippen LogP contribution in [0.1, 0.15) is 68.5 Å². The molecule has 0 saturated carbocycles. The van der Waals surface area contributed by atoms with Crippen LogP contribution in [0.15, 0.2) is 42.5 Å². The van der Waals surface area contributed by atoms with Crippen LogP contribution < -0.4 is 14.2 Å². The molecule has 52 heavy (non-hydrogen) atoms. The number of amides is 3. The van der Waals surface area contributed by atoms with Gasteiger partial charge in [-0.2, -0.15) is 4.57 Å². The number of hydrogen-bond acceptors (Lipinski definition) is 10. The lowest BCUT2D eigenvalue weighted by atomic mass is 10.1. The Balaban J connectivity index is 1.45. The van der Waals surface area contributed by atoms with Gasteiger partial charge in [-0.1, -0.05) is 72.2 Å². The van der Waals surface area contributed by atoms with Gasteiger partial charge in [0.05, 0.1) is 28.8 Å². The summed E-state index contributed by atoms with van der Waals surface area (Å²) in [6, 6.07) is 11.9. The van der Waals surface area contributed by atoms with Crippen molar-refractivity contribution in [2.24, 2.45) is 0 Å². The van der Waals surface area contributed by atoms with Gasteiger partial charge in [-0.05, 0) is 43.5 Å². The third-order valence-corrected chi connectivity index (χ3v) is 10.8. The van der Waals surface area contributed by atoms with E-state index in [1.165, 1.54) is 11.3 Å². The maximum Gasteiger partial charge on any atom is 0.333 e. The van der Waals surface area contributed by atoms with E-state index < -0.39 is 33.7 Å². The largest absolute Gasteiger partial charge is 0.377 e. The highest BCUT2D eigenvalue weighted by Gasteiger charge is 2.32. The number of terminal acetylenes is 1. The number of anilines is 1. The average Bonchev–Trinajstić information content (AvgIpc) is 3.59. The molecule has 16 heteroatoms. The SMILES string of the molecule is C#CN(CC)c1ccc(C=CC=Cc2sc3cc(Cl)c(Cl)cc3[n+]2CCS(=O)(=O)NC(=O)CCC)cc1COCCCC(=O)ON1C(=O)CCC1=O. The third-order valence-electron chi connectivity index (χ3n) is 7.73. The molecule has 1 fully saturated rings. The Morgan fingerprint density at radius 3 is 2.48 bits per heavy atom. The summed E-state index contributed by atoms with van der Waals surface area (Å²) in [6.45, 7) is 4.80. The number of ether oxygens (including phenoxy) is 1. The fraction of sp³-hybridized carbons (Fsp3) is 0.361. The lowest BCUT2D eigenvalue weighted by molar-refractivity contribution is -0.664. The first kappa shape index (κ1) is 40.5. The number of benzene rings is 2. The molecule has 0 bridgehead atoms. The second-order valence-electron chi connectivity index (χ2n) is 11.6. The van der Waals surface area contributed by atoms with Gasteiger partial charge >= 0.3 is 5.97 Å². The molecule has 1 aromatic heterocycles. The third kappa shape index (κ3) is 11.1. The fourth-order valence-corrected chi connectivity index (χ4v) is 7.68. The summed E-state index contributed by atoms with van der Waals surface area (Å²) in [7, 11) is -3.87. The number of imide groups is 1. The molecule has 0 aliphatic carbocycles. The number of thiazole rings is 1. The van der Waals surface area contributed by atoms with Crippen LogP contribution in [0.25, 0.3) is 22.4 Å². The summed E-state index contributed by atoms with van der Waals surface area (Å²) >= 11 is 14.0. The molecule has 0 spiro atoms. The van der Waals surface area contributed by atoms with E-state index in [9.17, 15) is 27.6 Å². The van der Waals surface area contributed by atoms with Crippen molar-refractivity contribution in [2.75, 3.05) is 23.8 Å². The van der Waals surface area contributed by atoms with Crippen LogP contribution in [0.3, 0.4) is 0 Å². The fourth-order valence-electron chi connectivity index (χ4n) is 5.20. The molecule has 2 aromatic carbocycles. The molecule has 1 aliphatic rings. The zero-order valence-corrected chi connectivity index (χ0v) is 31.9. The first-order valence-corrected chi connectivity index (χ1v) is 19.8. The Kier molecular flexibility index (Phi) is 14.8. The van der Waals surface area contributed by atoms with Crippen molar-refractivity contribution < 1.29 is 41.7 Å². The van der Waals surface area contributed by atoms with Crippen molar-refractivity contribution in [1.82, 2.24) is 9.79 Å². The molecule has 0 radical (unpaired) electrons. The van der Waals surface area contributed by atoms with Gasteiger partial charge < -0.3 is 14.5 Å². The highest BCUT2D eigenvalue weighted by Crippen LogP contribution is 2.31. The van der Waals surface area contributed by atoms with Crippen molar-refractivity contribution >= 4 is 96.3 Å². The minimum atomic E-state index is -3.87. The highest BCUT2D eigenvalue weighted by molar-refractivity contribution is 7.90. The Hall–Kier alpha value is -4.26. The van der Waals surface area contributed by atoms with E-state index in [0.717, 1.165) is 26.5 Å². The van der Waals surface area contributed by atoms with Crippen LogP contribution in [0.5, 0.6) is 0 Å². The molecule has 3 aromatic rings. The Morgan fingerprint density at radius 2 is 1.79 bits per heavy atom. The van der Waals surface area contributed by atoms with Gasteiger partial charge in [-0.25, -0.2) is 13.2 Å². The summed E-state index contributed by atoms with van der Waals surface area (Å²) in [4.78, 5) is 54.0. The van der Waals surface area contributed by atoms with Crippen LogP contribution in [0, 0.1) is 12.5 Å². The number of aromatic nitrogens is 1. The number of aryl methyl sites for hydroxylation is 1. The zero-order chi connectivity index (χ0) is 37.8. The predicted octanol–water partition coefficient (Wildman–Crippen LogP) is 5.79. The van der Waals surface area contributed by atoms with Crippen LogP contribution in [-0.2, 0) is 51.9 Å². The van der Waals surface area contributed by atoms with Crippen molar-refractivity contribution in [2.45, 2.75) is 65.5 Å². The monoisotopic (exact) mass is 789 g/mol. The minimum Gasteiger partial charge on any atom is -0.377 e. The number of halogens is 2. The van der Waals surface area contributed by atoms with Gasteiger partial charge in [-0.3, -0.25) is 19.1 Å². The molecule has 0 atom stereocenters. The number of carbonyl (C=O) groups is 4. The highest BCUT2D eigenvalue weighted by atomic mass is 35.5. The van der Waals surface area contributed by atoms with Crippen LogP contribution in [-0.4, -0.2) is 56.1 Å². The molecular weight excluding hydrogens is 751 g/mol. The van der Waals surface area contributed by atoms with Gasteiger partial charge in [0, 0.05) is 56.2 Å². The first-order valence-electron chi connectivity index (χ1n) is 16.6.